The van der Waals surface area contributed by atoms with Crippen molar-refractivity contribution in [2.45, 2.75) is 24.8 Å². The lowest BCUT2D eigenvalue weighted by molar-refractivity contribution is 0.101. The van der Waals surface area contributed by atoms with Crippen molar-refractivity contribution in [2.75, 3.05) is 5.75 Å². The Hall–Kier alpha value is -0.590. The molecule has 0 bridgehead atoms. The quantitative estimate of drug-likeness (QED) is 0.500. The summed E-state index contributed by atoms with van der Waals surface area (Å²) in [6, 6.07) is 7.95. The monoisotopic (exact) mass is 416 g/mol. The van der Waals surface area contributed by atoms with Crippen LogP contribution in [0.2, 0.25) is 0 Å². The number of benzene rings is 1. The zero-order valence-electron chi connectivity index (χ0n) is 11.0. The van der Waals surface area contributed by atoms with E-state index in [1.54, 1.807) is 10.9 Å². The maximum absolute atomic E-state index is 12.3. The van der Waals surface area contributed by atoms with Gasteiger partial charge in [0.1, 0.15) is 5.69 Å². The van der Waals surface area contributed by atoms with Gasteiger partial charge in [-0.15, -0.1) is 11.8 Å². The lowest BCUT2D eigenvalue weighted by Crippen LogP contribution is -2.12. The van der Waals surface area contributed by atoms with Crippen molar-refractivity contribution in [1.82, 2.24) is 9.78 Å². The van der Waals surface area contributed by atoms with E-state index in [0.29, 0.717) is 11.4 Å². The van der Waals surface area contributed by atoms with Crippen LogP contribution in [0.25, 0.3) is 0 Å². The summed E-state index contributed by atoms with van der Waals surface area (Å²) in [4.78, 5) is 13.4. The molecule has 6 heteroatoms. The Balaban J connectivity index is 2.05. The van der Waals surface area contributed by atoms with Gasteiger partial charge in [0.15, 0.2) is 5.78 Å². The predicted molar refractivity (Wildman–Crippen MR) is 89.4 cm³/mol. The Kier molecular flexibility index (Phi) is 5.86. The first kappa shape index (κ1) is 15.8. The summed E-state index contributed by atoms with van der Waals surface area (Å²) in [7, 11) is 0. The fraction of sp³-hybridized carbons (Fsp3) is 0.286. The highest BCUT2D eigenvalue weighted by atomic mass is 79.9. The normalized spacial score (nSPS) is 10.8. The van der Waals surface area contributed by atoms with Gasteiger partial charge in [-0.1, -0.05) is 22.9 Å². The Morgan fingerprint density at radius 2 is 2.00 bits per heavy atom. The number of rotatable bonds is 6. The van der Waals surface area contributed by atoms with Crippen molar-refractivity contribution < 1.29 is 4.79 Å². The van der Waals surface area contributed by atoms with Gasteiger partial charge < -0.3 is 0 Å². The van der Waals surface area contributed by atoms with Crippen LogP contribution < -0.4 is 0 Å². The maximum Gasteiger partial charge on any atom is 0.192 e. The molecule has 1 heterocycles. The molecule has 0 aliphatic rings. The fourth-order valence-corrected chi connectivity index (χ4v) is 3.31. The van der Waals surface area contributed by atoms with Crippen molar-refractivity contribution >= 4 is 49.4 Å². The van der Waals surface area contributed by atoms with E-state index in [0.717, 1.165) is 26.8 Å². The third-order valence-electron chi connectivity index (χ3n) is 2.68. The van der Waals surface area contributed by atoms with Gasteiger partial charge in [-0.05, 0) is 46.6 Å². The molecular formula is C14H14Br2N2OS. The lowest BCUT2D eigenvalue weighted by atomic mass is 10.3. The summed E-state index contributed by atoms with van der Waals surface area (Å²) < 4.78 is 3.58. The van der Waals surface area contributed by atoms with E-state index in [1.807, 2.05) is 24.3 Å². The molecule has 106 valence electrons. The molecule has 0 aliphatic carbocycles. The van der Waals surface area contributed by atoms with Crippen molar-refractivity contribution in [3.8, 4) is 0 Å². The van der Waals surface area contributed by atoms with E-state index in [9.17, 15) is 4.79 Å². The second-order valence-corrected chi connectivity index (χ2v) is 7.05. The third-order valence-corrected chi connectivity index (χ3v) is 4.80. The first-order chi connectivity index (χ1) is 9.61. The number of nitrogens with zero attached hydrogens (tertiary/aromatic N) is 2. The summed E-state index contributed by atoms with van der Waals surface area (Å²) >= 11 is 8.34. The number of hydrogen-bond acceptors (Lipinski definition) is 3. The Morgan fingerprint density at radius 1 is 1.30 bits per heavy atom. The van der Waals surface area contributed by atoms with Crippen LogP contribution in [0, 0.1) is 0 Å². The molecule has 2 rings (SSSR count). The maximum atomic E-state index is 12.3. The molecule has 0 N–H and O–H groups in total. The molecule has 3 nitrogen and oxygen atoms in total. The number of aromatic nitrogens is 2. The first-order valence-corrected chi connectivity index (χ1v) is 8.82. The second kappa shape index (κ2) is 7.43. The van der Waals surface area contributed by atoms with Crippen LogP contribution in [0.15, 0.2) is 44.3 Å². The Morgan fingerprint density at radius 3 is 2.65 bits per heavy atom. The fourth-order valence-electron chi connectivity index (χ4n) is 1.77. The van der Waals surface area contributed by atoms with Gasteiger partial charge in [-0.25, -0.2) is 0 Å². The lowest BCUT2D eigenvalue weighted by Gasteiger charge is -2.06. The van der Waals surface area contributed by atoms with Gasteiger partial charge >= 0.3 is 0 Å². The summed E-state index contributed by atoms with van der Waals surface area (Å²) in [5.41, 5.74) is 0.663. The number of halogens is 2. The number of hydrogen-bond donors (Lipinski definition) is 0. The number of ketones is 1. The SMILES string of the molecule is CCCn1ncc(Br)c1C(=O)CSc1ccc(Br)cc1. The smallest absolute Gasteiger partial charge is 0.192 e. The van der Waals surface area contributed by atoms with Crippen LogP contribution in [0.5, 0.6) is 0 Å². The standard InChI is InChI=1S/C14H14Br2N2OS/c1-2-7-18-14(12(16)8-17-18)13(19)9-20-11-5-3-10(15)4-6-11/h3-6,8H,2,7,9H2,1H3. The van der Waals surface area contributed by atoms with E-state index in [-0.39, 0.29) is 5.78 Å². The molecule has 0 saturated heterocycles. The largest absolute Gasteiger partial charge is 0.291 e. The summed E-state index contributed by atoms with van der Waals surface area (Å²) in [6.45, 7) is 2.83. The average Bonchev–Trinajstić information content (AvgIpc) is 2.79. The highest BCUT2D eigenvalue weighted by Crippen LogP contribution is 2.24. The Bertz CT molecular complexity index is 596. The van der Waals surface area contributed by atoms with Crippen molar-refractivity contribution in [2.24, 2.45) is 0 Å². The molecule has 0 atom stereocenters. The van der Waals surface area contributed by atoms with Gasteiger partial charge in [0.05, 0.1) is 16.4 Å². The molecule has 0 spiro atoms. The zero-order chi connectivity index (χ0) is 14.5. The van der Waals surface area contributed by atoms with Gasteiger partial charge in [0.2, 0.25) is 0 Å². The van der Waals surface area contributed by atoms with Crippen LogP contribution in [0.3, 0.4) is 0 Å². The van der Waals surface area contributed by atoms with Crippen LogP contribution in [0.1, 0.15) is 23.8 Å². The van der Waals surface area contributed by atoms with Crippen LogP contribution >= 0.6 is 43.6 Å². The number of thioether (sulfide) groups is 1. The zero-order valence-corrected chi connectivity index (χ0v) is 15.0. The van der Waals surface area contributed by atoms with E-state index in [4.69, 9.17) is 0 Å². The van der Waals surface area contributed by atoms with Gasteiger partial charge in [-0.3, -0.25) is 9.48 Å². The van der Waals surface area contributed by atoms with Crippen molar-refractivity contribution in [1.29, 1.82) is 0 Å². The first-order valence-electron chi connectivity index (χ1n) is 6.24. The van der Waals surface area contributed by atoms with E-state index in [1.165, 1.54) is 11.8 Å². The highest BCUT2D eigenvalue weighted by molar-refractivity contribution is 9.10. The van der Waals surface area contributed by atoms with Crippen LogP contribution in [0.4, 0.5) is 0 Å². The van der Waals surface area contributed by atoms with Crippen molar-refractivity contribution in [3.63, 3.8) is 0 Å². The molecule has 0 amide bonds. The van der Waals surface area contributed by atoms with Crippen LogP contribution in [-0.2, 0) is 6.54 Å². The van der Waals surface area contributed by atoms with E-state index >= 15 is 0 Å². The summed E-state index contributed by atoms with van der Waals surface area (Å²) in [5, 5.41) is 4.23. The summed E-state index contributed by atoms with van der Waals surface area (Å²) in [5.74, 6) is 0.506. The predicted octanol–water partition coefficient (Wildman–Crippen LogP) is 4.79. The second-order valence-electron chi connectivity index (χ2n) is 4.23. The molecule has 0 unspecified atom stereocenters. The molecule has 1 aromatic carbocycles. The highest BCUT2D eigenvalue weighted by Gasteiger charge is 2.16. The molecule has 2 aromatic rings. The van der Waals surface area contributed by atoms with E-state index < -0.39 is 0 Å². The minimum absolute atomic E-state index is 0.0933. The topological polar surface area (TPSA) is 34.9 Å². The molecule has 0 fully saturated rings. The van der Waals surface area contributed by atoms with Gasteiger partial charge in [-0.2, -0.15) is 5.10 Å². The molecular weight excluding hydrogens is 404 g/mol. The molecule has 0 aliphatic heterocycles. The molecule has 0 radical (unpaired) electrons. The minimum Gasteiger partial charge on any atom is -0.291 e. The number of carbonyl (C=O) groups is 1. The number of aryl methyl sites for hydroxylation is 1. The molecule has 1 aromatic heterocycles. The van der Waals surface area contributed by atoms with Gasteiger partial charge in [0, 0.05) is 15.9 Å². The van der Waals surface area contributed by atoms with E-state index in [2.05, 4.69) is 43.9 Å². The average molecular weight is 418 g/mol. The van der Waals surface area contributed by atoms with Gasteiger partial charge in [0.25, 0.3) is 0 Å². The molecule has 0 saturated carbocycles. The van der Waals surface area contributed by atoms with Crippen LogP contribution in [-0.4, -0.2) is 21.3 Å². The number of carbonyl (C=O) groups excluding carboxylic acids is 1. The summed E-state index contributed by atoms with van der Waals surface area (Å²) in [6.07, 6.45) is 2.64. The number of Topliss-reactive ketones (excluding diaryl/α,β-unsaturated/α-hetero) is 1. The third kappa shape index (κ3) is 3.96. The minimum atomic E-state index is 0.0933. The van der Waals surface area contributed by atoms with Crippen molar-refractivity contribution in [3.05, 3.63) is 45.1 Å². The molecule has 20 heavy (non-hydrogen) atoms. The Labute approximate surface area is 139 Å².